The Morgan fingerprint density at radius 2 is 1.61 bits per heavy atom. The minimum absolute atomic E-state index is 0.188. The average Bonchev–Trinajstić information content (AvgIpc) is 3.41. The number of nitrogens with one attached hydrogen (secondary N) is 1. The molecule has 4 aromatic carbocycles. The number of rotatable bonds is 9. The fourth-order valence-electron chi connectivity index (χ4n) is 4.28. The summed E-state index contributed by atoms with van der Waals surface area (Å²) in [4.78, 5) is 32.9. The summed E-state index contributed by atoms with van der Waals surface area (Å²) in [6, 6.07) is 29.1. The molecule has 0 spiro atoms. The van der Waals surface area contributed by atoms with Crippen LogP contribution in [0.4, 0.5) is 10.3 Å². The van der Waals surface area contributed by atoms with Crippen molar-refractivity contribution in [3.05, 3.63) is 131 Å². The first kappa shape index (κ1) is 27.6. The Kier molecular flexibility index (Phi) is 8.41. The van der Waals surface area contributed by atoms with Crippen molar-refractivity contribution in [2.24, 2.45) is 0 Å². The lowest BCUT2D eigenvalue weighted by Crippen LogP contribution is -2.38. The lowest BCUT2D eigenvalue weighted by atomic mass is 10.1. The monoisotopic (exact) mass is 568 g/mol. The Labute approximate surface area is 241 Å². The molecule has 0 fully saturated rings. The third-order valence-corrected chi connectivity index (χ3v) is 6.63. The second-order valence-corrected chi connectivity index (χ2v) is 9.66. The number of halogens is 2. The molecular formula is C32H26ClFN4O3. The number of carbonyl (C=O) groups is 2. The molecule has 41 heavy (non-hydrogen) atoms. The highest BCUT2D eigenvalue weighted by Crippen LogP contribution is 2.26. The SMILES string of the molecule is COc1ccc(-n2cc(-c3ccc(Cl)cc3)nc2NC(=O)CN(Cc2ccccc2)C(=O)c2ccc(F)cc2)cc1. The summed E-state index contributed by atoms with van der Waals surface area (Å²) in [6.07, 6.45) is 1.81. The zero-order chi connectivity index (χ0) is 28.8. The summed E-state index contributed by atoms with van der Waals surface area (Å²) in [5, 5.41) is 3.47. The number of imidazole rings is 1. The molecule has 206 valence electrons. The normalized spacial score (nSPS) is 10.7. The number of anilines is 1. The molecule has 0 bridgehead atoms. The second-order valence-electron chi connectivity index (χ2n) is 9.23. The molecule has 1 aromatic heterocycles. The molecule has 0 aliphatic carbocycles. The number of hydrogen-bond acceptors (Lipinski definition) is 4. The van der Waals surface area contributed by atoms with Gasteiger partial charge in [-0.2, -0.15) is 0 Å². The molecule has 0 aliphatic rings. The number of amides is 2. The van der Waals surface area contributed by atoms with E-state index in [0.717, 1.165) is 16.8 Å². The van der Waals surface area contributed by atoms with Gasteiger partial charge in [0.15, 0.2) is 0 Å². The van der Waals surface area contributed by atoms with Crippen molar-refractivity contribution in [1.82, 2.24) is 14.5 Å². The molecule has 5 aromatic rings. The predicted molar refractivity (Wildman–Crippen MR) is 157 cm³/mol. The van der Waals surface area contributed by atoms with Crippen molar-refractivity contribution >= 4 is 29.4 Å². The van der Waals surface area contributed by atoms with Gasteiger partial charge in [-0.25, -0.2) is 9.37 Å². The van der Waals surface area contributed by atoms with Gasteiger partial charge in [0.25, 0.3) is 5.91 Å². The van der Waals surface area contributed by atoms with Crippen LogP contribution in [0.5, 0.6) is 5.75 Å². The van der Waals surface area contributed by atoms with Crippen LogP contribution in [0.15, 0.2) is 109 Å². The molecule has 7 nitrogen and oxygen atoms in total. The Morgan fingerprint density at radius 3 is 2.27 bits per heavy atom. The molecule has 0 aliphatic heterocycles. The maximum Gasteiger partial charge on any atom is 0.254 e. The highest BCUT2D eigenvalue weighted by atomic mass is 35.5. The standard InChI is InChI=1S/C32H26ClFN4O3/c1-41-28-17-15-27(16-18-28)38-20-29(23-7-11-25(33)12-8-23)35-32(38)36-30(39)21-37(19-22-5-3-2-4-6-22)31(40)24-9-13-26(34)14-10-24/h2-18,20H,19,21H2,1H3,(H,35,36,39). The van der Waals surface area contributed by atoms with Crippen LogP contribution in [0.25, 0.3) is 16.9 Å². The van der Waals surface area contributed by atoms with E-state index in [-0.39, 0.29) is 24.6 Å². The Bertz CT molecular complexity index is 1640. The van der Waals surface area contributed by atoms with Gasteiger partial charge in [0.2, 0.25) is 11.9 Å². The quantitative estimate of drug-likeness (QED) is 0.217. The Hall–Kier alpha value is -4.95. The first-order valence-electron chi connectivity index (χ1n) is 12.8. The van der Waals surface area contributed by atoms with Crippen molar-refractivity contribution in [3.8, 4) is 22.7 Å². The minimum Gasteiger partial charge on any atom is -0.497 e. The molecule has 0 unspecified atom stereocenters. The van der Waals surface area contributed by atoms with Gasteiger partial charge >= 0.3 is 0 Å². The first-order chi connectivity index (χ1) is 19.9. The van der Waals surface area contributed by atoms with Gasteiger partial charge in [0, 0.05) is 34.6 Å². The van der Waals surface area contributed by atoms with Crippen LogP contribution < -0.4 is 10.1 Å². The van der Waals surface area contributed by atoms with Crippen LogP contribution in [0.3, 0.4) is 0 Å². The number of aromatic nitrogens is 2. The molecule has 0 saturated heterocycles. The number of hydrogen-bond donors (Lipinski definition) is 1. The van der Waals surface area contributed by atoms with Crippen molar-refractivity contribution < 1.29 is 18.7 Å². The number of nitrogens with zero attached hydrogens (tertiary/aromatic N) is 3. The minimum atomic E-state index is -0.448. The number of ether oxygens (including phenoxy) is 1. The predicted octanol–water partition coefficient (Wildman–Crippen LogP) is 6.62. The summed E-state index contributed by atoms with van der Waals surface area (Å²) in [6.45, 7) is -0.0652. The van der Waals surface area contributed by atoms with Crippen molar-refractivity contribution in [1.29, 1.82) is 0 Å². The molecule has 0 atom stereocenters. The summed E-state index contributed by atoms with van der Waals surface area (Å²) in [5.74, 6) is -0.327. The van der Waals surface area contributed by atoms with Crippen LogP contribution in [0, 0.1) is 5.82 Å². The van der Waals surface area contributed by atoms with Gasteiger partial charge in [0.1, 0.15) is 18.1 Å². The van der Waals surface area contributed by atoms with Gasteiger partial charge in [0.05, 0.1) is 12.8 Å². The zero-order valence-electron chi connectivity index (χ0n) is 22.1. The van der Waals surface area contributed by atoms with E-state index < -0.39 is 17.6 Å². The topological polar surface area (TPSA) is 76.5 Å². The number of benzene rings is 4. The molecule has 2 amide bonds. The lowest BCUT2D eigenvalue weighted by molar-refractivity contribution is -0.117. The maximum atomic E-state index is 13.5. The Morgan fingerprint density at radius 1 is 0.927 bits per heavy atom. The van der Waals surface area contributed by atoms with E-state index in [1.54, 1.807) is 23.8 Å². The molecule has 1 N–H and O–H groups in total. The van der Waals surface area contributed by atoms with Gasteiger partial charge in [-0.3, -0.25) is 19.5 Å². The Balaban J connectivity index is 1.44. The average molecular weight is 569 g/mol. The largest absolute Gasteiger partial charge is 0.497 e. The highest BCUT2D eigenvalue weighted by molar-refractivity contribution is 6.30. The van der Waals surface area contributed by atoms with Crippen molar-refractivity contribution in [2.75, 3.05) is 19.0 Å². The first-order valence-corrected chi connectivity index (χ1v) is 13.2. The van der Waals surface area contributed by atoms with E-state index in [4.69, 9.17) is 16.3 Å². The third kappa shape index (κ3) is 6.80. The molecule has 0 radical (unpaired) electrons. The fraction of sp³-hybridized carbons (Fsp3) is 0.0938. The summed E-state index contributed by atoms with van der Waals surface area (Å²) in [7, 11) is 1.59. The molecule has 0 saturated carbocycles. The highest BCUT2D eigenvalue weighted by Gasteiger charge is 2.21. The van der Waals surface area contributed by atoms with Crippen LogP contribution in [-0.4, -0.2) is 39.9 Å². The van der Waals surface area contributed by atoms with Gasteiger partial charge in [-0.15, -0.1) is 0 Å². The lowest BCUT2D eigenvalue weighted by Gasteiger charge is -2.22. The second kappa shape index (κ2) is 12.5. The van der Waals surface area contributed by atoms with E-state index in [1.807, 2.05) is 72.9 Å². The van der Waals surface area contributed by atoms with Crippen LogP contribution in [0.2, 0.25) is 5.02 Å². The van der Waals surface area contributed by atoms with Gasteiger partial charge < -0.3 is 9.64 Å². The number of carbonyl (C=O) groups excluding carboxylic acids is 2. The van der Waals surface area contributed by atoms with Crippen LogP contribution in [-0.2, 0) is 11.3 Å². The van der Waals surface area contributed by atoms with E-state index >= 15 is 0 Å². The summed E-state index contributed by atoms with van der Waals surface area (Å²) < 4.78 is 20.5. The zero-order valence-corrected chi connectivity index (χ0v) is 22.9. The third-order valence-electron chi connectivity index (χ3n) is 6.38. The number of methoxy groups -OCH3 is 1. The van der Waals surface area contributed by atoms with E-state index in [0.29, 0.717) is 16.5 Å². The van der Waals surface area contributed by atoms with Crippen LogP contribution >= 0.6 is 11.6 Å². The summed E-state index contributed by atoms with van der Waals surface area (Å²) >= 11 is 6.07. The summed E-state index contributed by atoms with van der Waals surface area (Å²) in [5.41, 5.74) is 3.31. The van der Waals surface area contributed by atoms with Gasteiger partial charge in [-0.1, -0.05) is 54.1 Å². The maximum absolute atomic E-state index is 13.5. The molecule has 5 rings (SSSR count). The van der Waals surface area contributed by atoms with E-state index in [1.165, 1.54) is 29.2 Å². The van der Waals surface area contributed by atoms with Crippen molar-refractivity contribution in [2.45, 2.75) is 6.54 Å². The van der Waals surface area contributed by atoms with Gasteiger partial charge in [-0.05, 0) is 66.2 Å². The van der Waals surface area contributed by atoms with Crippen LogP contribution in [0.1, 0.15) is 15.9 Å². The van der Waals surface area contributed by atoms with Crippen molar-refractivity contribution in [3.63, 3.8) is 0 Å². The van der Waals surface area contributed by atoms with E-state index in [2.05, 4.69) is 10.3 Å². The van der Waals surface area contributed by atoms with E-state index in [9.17, 15) is 14.0 Å². The smallest absolute Gasteiger partial charge is 0.254 e. The molecular weight excluding hydrogens is 543 g/mol. The molecule has 1 heterocycles. The fourth-order valence-corrected chi connectivity index (χ4v) is 4.41. The molecule has 9 heteroatoms.